The van der Waals surface area contributed by atoms with E-state index in [0.717, 1.165) is 0 Å². The molecule has 0 bridgehead atoms. The zero-order valence-electron chi connectivity index (χ0n) is 9.44. The molecule has 92 valence electrons. The van der Waals surface area contributed by atoms with Crippen LogP contribution in [0.4, 0.5) is 4.39 Å². The summed E-state index contributed by atoms with van der Waals surface area (Å²) in [4.78, 5) is 11.9. The van der Waals surface area contributed by atoms with Gasteiger partial charge in [-0.1, -0.05) is 6.07 Å². The Morgan fingerprint density at radius 2 is 2.29 bits per heavy atom. The van der Waals surface area contributed by atoms with E-state index >= 15 is 0 Å². The van der Waals surface area contributed by atoms with Gasteiger partial charge in [-0.15, -0.1) is 0 Å². The molecular formula is C12H14FNO3. The normalized spacial score (nSPS) is 23.7. The highest BCUT2D eigenvalue weighted by molar-refractivity contribution is 5.95. The molecule has 2 atom stereocenters. The van der Waals surface area contributed by atoms with E-state index in [2.05, 4.69) is 5.32 Å². The van der Waals surface area contributed by atoms with Gasteiger partial charge in [0.2, 0.25) is 0 Å². The zero-order chi connectivity index (χ0) is 12.4. The van der Waals surface area contributed by atoms with Crippen LogP contribution in [0.3, 0.4) is 0 Å². The van der Waals surface area contributed by atoms with Gasteiger partial charge < -0.3 is 15.2 Å². The van der Waals surface area contributed by atoms with E-state index in [9.17, 15) is 14.3 Å². The third-order valence-electron chi connectivity index (χ3n) is 2.81. The van der Waals surface area contributed by atoms with Crippen molar-refractivity contribution in [3.8, 4) is 0 Å². The molecule has 17 heavy (non-hydrogen) atoms. The number of carbonyl (C=O) groups excluding carboxylic acids is 1. The maximum absolute atomic E-state index is 13.0. The van der Waals surface area contributed by atoms with Crippen molar-refractivity contribution >= 4 is 5.91 Å². The van der Waals surface area contributed by atoms with Crippen LogP contribution in [0.1, 0.15) is 15.9 Å². The number of aliphatic hydroxyl groups is 1. The monoisotopic (exact) mass is 239 g/mol. The summed E-state index contributed by atoms with van der Waals surface area (Å²) in [6.07, 6.45) is -0.701. The number of rotatable bonds is 2. The number of carbonyl (C=O) groups is 1. The molecule has 1 amide bonds. The Hall–Kier alpha value is -1.46. The summed E-state index contributed by atoms with van der Waals surface area (Å²) in [6.45, 7) is 2.23. The van der Waals surface area contributed by atoms with Gasteiger partial charge in [0.1, 0.15) is 5.82 Å². The highest BCUT2D eigenvalue weighted by Gasteiger charge is 2.28. The second-order valence-corrected chi connectivity index (χ2v) is 4.14. The Bertz CT molecular complexity index is 436. The standard InChI is InChI=1S/C12H14FNO3/c1-7-2-3-8(13)4-9(7)12(16)14-10-5-17-6-11(10)15/h2-4,10-11,15H,5-6H2,1H3,(H,14,16)/t10-,11+/m1/s1. The summed E-state index contributed by atoms with van der Waals surface area (Å²) in [5.74, 6) is -0.847. The van der Waals surface area contributed by atoms with Gasteiger partial charge in [0.15, 0.2) is 0 Å². The summed E-state index contributed by atoms with van der Waals surface area (Å²) < 4.78 is 18.1. The minimum Gasteiger partial charge on any atom is -0.388 e. The summed E-state index contributed by atoms with van der Waals surface area (Å²) in [5.41, 5.74) is 0.974. The Labute approximate surface area is 98.4 Å². The average molecular weight is 239 g/mol. The van der Waals surface area contributed by atoms with Gasteiger partial charge >= 0.3 is 0 Å². The summed E-state index contributed by atoms with van der Waals surface area (Å²) >= 11 is 0. The van der Waals surface area contributed by atoms with E-state index in [1.54, 1.807) is 13.0 Å². The largest absolute Gasteiger partial charge is 0.388 e. The first-order valence-corrected chi connectivity index (χ1v) is 5.41. The lowest BCUT2D eigenvalue weighted by atomic mass is 10.1. The number of benzene rings is 1. The molecule has 1 aromatic rings. The van der Waals surface area contributed by atoms with Crippen LogP contribution in [-0.2, 0) is 4.74 Å². The highest BCUT2D eigenvalue weighted by atomic mass is 19.1. The molecule has 1 aliphatic heterocycles. The summed E-state index contributed by atoms with van der Waals surface area (Å²) in [7, 11) is 0. The molecule has 0 saturated carbocycles. The smallest absolute Gasteiger partial charge is 0.252 e. The summed E-state index contributed by atoms with van der Waals surface area (Å²) in [6, 6.07) is 3.61. The lowest BCUT2D eigenvalue weighted by Gasteiger charge is -2.15. The number of aliphatic hydroxyl groups excluding tert-OH is 1. The number of hydrogen-bond acceptors (Lipinski definition) is 3. The first-order chi connectivity index (χ1) is 8.08. The molecule has 1 fully saturated rings. The molecule has 0 aliphatic carbocycles. The summed E-state index contributed by atoms with van der Waals surface area (Å²) in [5, 5.41) is 12.1. The maximum Gasteiger partial charge on any atom is 0.252 e. The molecule has 2 rings (SSSR count). The molecular weight excluding hydrogens is 225 g/mol. The van der Waals surface area contributed by atoms with Crippen LogP contribution in [-0.4, -0.2) is 36.4 Å². The van der Waals surface area contributed by atoms with Crippen molar-refractivity contribution in [3.63, 3.8) is 0 Å². The molecule has 4 nitrogen and oxygen atoms in total. The van der Waals surface area contributed by atoms with E-state index in [1.807, 2.05) is 0 Å². The molecule has 1 saturated heterocycles. The van der Waals surface area contributed by atoms with E-state index in [1.165, 1.54) is 12.1 Å². The SMILES string of the molecule is Cc1ccc(F)cc1C(=O)N[C@@H]1COC[C@@H]1O. The first kappa shape index (κ1) is 12.0. The molecule has 1 heterocycles. The Balaban J connectivity index is 2.11. The van der Waals surface area contributed by atoms with E-state index in [0.29, 0.717) is 5.56 Å². The van der Waals surface area contributed by atoms with Crippen molar-refractivity contribution in [3.05, 3.63) is 35.1 Å². The van der Waals surface area contributed by atoms with Crippen LogP contribution in [0.25, 0.3) is 0 Å². The van der Waals surface area contributed by atoms with Gasteiger partial charge in [-0.2, -0.15) is 0 Å². The molecule has 0 radical (unpaired) electrons. The molecule has 0 spiro atoms. The van der Waals surface area contributed by atoms with Gasteiger partial charge in [0.25, 0.3) is 5.91 Å². The Morgan fingerprint density at radius 3 is 2.94 bits per heavy atom. The van der Waals surface area contributed by atoms with Crippen molar-refractivity contribution in [2.45, 2.75) is 19.1 Å². The van der Waals surface area contributed by atoms with Crippen LogP contribution >= 0.6 is 0 Å². The Morgan fingerprint density at radius 1 is 1.53 bits per heavy atom. The molecule has 5 heteroatoms. The fraction of sp³-hybridized carbons (Fsp3) is 0.417. The van der Waals surface area contributed by atoms with Crippen molar-refractivity contribution < 1.29 is 19.0 Å². The third-order valence-corrected chi connectivity index (χ3v) is 2.81. The van der Waals surface area contributed by atoms with Crippen LogP contribution in [0.2, 0.25) is 0 Å². The molecule has 0 unspecified atom stereocenters. The van der Waals surface area contributed by atoms with Crippen LogP contribution < -0.4 is 5.32 Å². The number of aryl methyl sites for hydroxylation is 1. The van der Waals surface area contributed by atoms with Gasteiger partial charge in [-0.25, -0.2) is 4.39 Å². The number of halogens is 1. The minimum atomic E-state index is -0.701. The second-order valence-electron chi connectivity index (χ2n) is 4.14. The fourth-order valence-corrected chi connectivity index (χ4v) is 1.77. The van der Waals surface area contributed by atoms with Gasteiger partial charge in [0.05, 0.1) is 25.4 Å². The maximum atomic E-state index is 13.0. The predicted molar refractivity (Wildman–Crippen MR) is 59.2 cm³/mol. The molecule has 2 N–H and O–H groups in total. The lowest BCUT2D eigenvalue weighted by Crippen LogP contribution is -2.42. The Kier molecular flexibility index (Phi) is 3.40. The van der Waals surface area contributed by atoms with Crippen molar-refractivity contribution in [1.82, 2.24) is 5.32 Å². The van der Waals surface area contributed by atoms with Gasteiger partial charge in [-0.3, -0.25) is 4.79 Å². The second kappa shape index (κ2) is 4.81. The number of nitrogens with one attached hydrogen (secondary N) is 1. The van der Waals surface area contributed by atoms with Crippen molar-refractivity contribution in [2.24, 2.45) is 0 Å². The third kappa shape index (κ3) is 2.62. The zero-order valence-corrected chi connectivity index (χ0v) is 9.44. The molecule has 1 aromatic carbocycles. The molecule has 0 aromatic heterocycles. The van der Waals surface area contributed by atoms with Crippen LogP contribution in [0, 0.1) is 12.7 Å². The van der Waals surface area contributed by atoms with Crippen molar-refractivity contribution in [2.75, 3.05) is 13.2 Å². The number of hydrogen-bond donors (Lipinski definition) is 2. The average Bonchev–Trinajstić information content (AvgIpc) is 2.68. The van der Waals surface area contributed by atoms with E-state index in [-0.39, 0.29) is 18.8 Å². The predicted octanol–water partition coefficient (Wildman–Crippen LogP) is 0.624. The highest BCUT2D eigenvalue weighted by Crippen LogP contribution is 2.12. The van der Waals surface area contributed by atoms with Crippen LogP contribution in [0.5, 0.6) is 0 Å². The van der Waals surface area contributed by atoms with E-state index in [4.69, 9.17) is 4.74 Å². The fourth-order valence-electron chi connectivity index (χ4n) is 1.77. The van der Waals surface area contributed by atoms with Crippen LogP contribution in [0.15, 0.2) is 18.2 Å². The minimum absolute atomic E-state index is 0.215. The number of ether oxygens (including phenoxy) is 1. The van der Waals surface area contributed by atoms with E-state index < -0.39 is 23.9 Å². The van der Waals surface area contributed by atoms with Gasteiger partial charge in [0, 0.05) is 5.56 Å². The lowest BCUT2D eigenvalue weighted by molar-refractivity contribution is 0.0885. The first-order valence-electron chi connectivity index (χ1n) is 5.41. The van der Waals surface area contributed by atoms with Crippen molar-refractivity contribution in [1.29, 1.82) is 0 Å². The topological polar surface area (TPSA) is 58.6 Å². The number of amides is 1. The quantitative estimate of drug-likeness (QED) is 0.795. The van der Waals surface area contributed by atoms with Gasteiger partial charge in [-0.05, 0) is 24.6 Å². The molecule has 1 aliphatic rings.